The zero-order valence-electron chi connectivity index (χ0n) is 16.5. The van der Waals surface area contributed by atoms with E-state index >= 15 is 0 Å². The molecule has 1 fully saturated rings. The van der Waals surface area contributed by atoms with E-state index in [1.165, 1.54) is 15.3 Å². The number of piperazine rings is 1. The number of hydrogen-bond acceptors (Lipinski definition) is 3. The predicted molar refractivity (Wildman–Crippen MR) is 115 cm³/mol. The Labute approximate surface area is 179 Å². The van der Waals surface area contributed by atoms with Crippen LogP contribution in [0.25, 0.3) is 16.8 Å². The monoisotopic (exact) mass is 442 g/mol. The van der Waals surface area contributed by atoms with Gasteiger partial charge in [-0.25, -0.2) is 17.2 Å². The third kappa shape index (κ3) is 4.35. The summed E-state index contributed by atoms with van der Waals surface area (Å²) in [5, 5.41) is 1.79. The molecule has 0 atom stereocenters. The molecule has 8 heteroatoms. The lowest BCUT2D eigenvalue weighted by Crippen LogP contribution is -2.50. The molecule has 3 aromatic carbocycles. The lowest BCUT2D eigenvalue weighted by atomic mass is 10.1. The second-order valence-electron chi connectivity index (χ2n) is 7.21. The third-order valence-electron chi connectivity index (χ3n) is 5.30. The van der Waals surface area contributed by atoms with Gasteiger partial charge in [-0.2, -0.15) is 4.31 Å². The van der Waals surface area contributed by atoms with Crippen LogP contribution in [-0.4, -0.2) is 49.7 Å². The largest absolute Gasteiger partial charge is 0.337 e. The van der Waals surface area contributed by atoms with Crippen molar-refractivity contribution < 1.29 is 22.0 Å². The maximum atomic E-state index is 13.7. The normalized spacial score (nSPS) is 15.6. The molecule has 5 nitrogen and oxygen atoms in total. The minimum absolute atomic E-state index is 0.142. The minimum Gasteiger partial charge on any atom is -0.337 e. The van der Waals surface area contributed by atoms with Gasteiger partial charge >= 0.3 is 0 Å². The van der Waals surface area contributed by atoms with Crippen molar-refractivity contribution in [1.82, 2.24) is 9.21 Å². The van der Waals surface area contributed by atoms with E-state index < -0.39 is 27.6 Å². The number of nitrogens with zero attached hydrogens (tertiary/aromatic N) is 2. The Hall–Kier alpha value is -3.10. The van der Waals surface area contributed by atoms with Crippen LogP contribution in [0.2, 0.25) is 0 Å². The van der Waals surface area contributed by atoms with Gasteiger partial charge in [-0.3, -0.25) is 4.79 Å². The molecule has 1 amide bonds. The number of fused-ring (bicyclic) bond motifs is 1. The SMILES string of the molecule is O=C(/C=C/c1c(F)cccc1F)N1CCN(S(=O)(=O)c2ccc3ccccc3c2)CC1. The standard InChI is InChI=1S/C23H20F2N2O3S/c24-21-6-3-7-22(25)20(21)10-11-23(28)26-12-14-27(15-13-26)31(29,30)19-9-8-17-4-1-2-5-18(17)16-19/h1-11,16H,12-15H2/b11-10+. The third-order valence-corrected chi connectivity index (χ3v) is 7.20. The van der Waals surface area contributed by atoms with E-state index in [1.54, 1.807) is 18.2 Å². The molecule has 1 heterocycles. The van der Waals surface area contributed by atoms with Crippen molar-refractivity contribution in [1.29, 1.82) is 0 Å². The average Bonchev–Trinajstić information content (AvgIpc) is 2.78. The fourth-order valence-electron chi connectivity index (χ4n) is 3.56. The minimum atomic E-state index is -3.69. The second kappa shape index (κ2) is 8.56. The lowest BCUT2D eigenvalue weighted by Gasteiger charge is -2.33. The molecule has 0 aromatic heterocycles. The molecular weight excluding hydrogens is 422 g/mol. The van der Waals surface area contributed by atoms with Gasteiger partial charge in [0.05, 0.1) is 4.90 Å². The number of benzene rings is 3. The highest BCUT2D eigenvalue weighted by molar-refractivity contribution is 7.89. The molecule has 0 aliphatic carbocycles. The number of rotatable bonds is 4. The highest BCUT2D eigenvalue weighted by atomic mass is 32.2. The van der Waals surface area contributed by atoms with E-state index in [2.05, 4.69) is 0 Å². The lowest BCUT2D eigenvalue weighted by molar-refractivity contribution is -0.127. The Balaban J connectivity index is 1.43. The molecule has 1 saturated heterocycles. The van der Waals surface area contributed by atoms with E-state index in [0.717, 1.165) is 35.1 Å². The van der Waals surface area contributed by atoms with Crippen LogP contribution >= 0.6 is 0 Å². The van der Waals surface area contributed by atoms with Crippen molar-refractivity contribution in [3.63, 3.8) is 0 Å². The molecule has 0 saturated carbocycles. The summed E-state index contributed by atoms with van der Waals surface area (Å²) in [6, 6.07) is 16.0. The van der Waals surface area contributed by atoms with E-state index in [1.807, 2.05) is 24.3 Å². The molecule has 3 aromatic rings. The molecule has 0 bridgehead atoms. The Morgan fingerprint density at radius 2 is 1.48 bits per heavy atom. The fraction of sp³-hybridized carbons (Fsp3) is 0.174. The molecule has 1 aliphatic heterocycles. The number of halogens is 2. The summed E-state index contributed by atoms with van der Waals surface area (Å²) >= 11 is 0. The van der Waals surface area contributed by atoms with Crippen LogP contribution in [0.1, 0.15) is 5.56 Å². The fourth-order valence-corrected chi connectivity index (χ4v) is 5.01. The van der Waals surface area contributed by atoms with E-state index in [0.29, 0.717) is 0 Å². The van der Waals surface area contributed by atoms with E-state index in [-0.39, 0.29) is 36.6 Å². The van der Waals surface area contributed by atoms with Crippen molar-refractivity contribution in [2.24, 2.45) is 0 Å². The molecule has 0 spiro atoms. The summed E-state index contributed by atoms with van der Waals surface area (Å²) in [5.74, 6) is -1.93. The Morgan fingerprint density at radius 1 is 0.839 bits per heavy atom. The van der Waals surface area contributed by atoms with Gasteiger partial charge < -0.3 is 4.90 Å². The Morgan fingerprint density at radius 3 is 2.16 bits per heavy atom. The summed E-state index contributed by atoms with van der Waals surface area (Å²) in [4.78, 5) is 14.1. The summed E-state index contributed by atoms with van der Waals surface area (Å²) in [6.45, 7) is 0.664. The van der Waals surface area contributed by atoms with Gasteiger partial charge in [0.2, 0.25) is 15.9 Å². The van der Waals surface area contributed by atoms with Crippen LogP contribution in [0, 0.1) is 11.6 Å². The van der Waals surface area contributed by atoms with Crippen LogP contribution in [0.15, 0.2) is 71.6 Å². The van der Waals surface area contributed by atoms with Crippen molar-refractivity contribution in [3.05, 3.63) is 83.9 Å². The first-order chi connectivity index (χ1) is 14.9. The topological polar surface area (TPSA) is 57.7 Å². The summed E-state index contributed by atoms with van der Waals surface area (Å²) in [5.41, 5.74) is -0.284. The molecule has 1 aliphatic rings. The Kier molecular flexibility index (Phi) is 5.84. The van der Waals surface area contributed by atoms with Crippen molar-refractivity contribution in [2.75, 3.05) is 26.2 Å². The van der Waals surface area contributed by atoms with Gasteiger partial charge in [0.25, 0.3) is 0 Å². The Bertz CT molecular complexity index is 1250. The van der Waals surface area contributed by atoms with Crippen LogP contribution in [0.5, 0.6) is 0 Å². The number of sulfonamides is 1. The van der Waals surface area contributed by atoms with Crippen LogP contribution in [-0.2, 0) is 14.8 Å². The summed E-state index contributed by atoms with van der Waals surface area (Å²) in [7, 11) is -3.69. The first-order valence-electron chi connectivity index (χ1n) is 9.76. The van der Waals surface area contributed by atoms with E-state index in [9.17, 15) is 22.0 Å². The van der Waals surface area contributed by atoms with E-state index in [4.69, 9.17) is 0 Å². The highest BCUT2D eigenvalue weighted by Gasteiger charge is 2.29. The number of carbonyl (C=O) groups is 1. The summed E-state index contributed by atoms with van der Waals surface area (Å²) in [6.07, 6.45) is 2.21. The molecule has 0 radical (unpaired) electrons. The number of hydrogen-bond donors (Lipinski definition) is 0. The maximum absolute atomic E-state index is 13.7. The number of amides is 1. The molecule has 31 heavy (non-hydrogen) atoms. The molecule has 0 N–H and O–H groups in total. The molecule has 4 rings (SSSR count). The van der Waals surface area contributed by atoms with Crippen LogP contribution in [0.4, 0.5) is 8.78 Å². The van der Waals surface area contributed by atoms with Gasteiger partial charge in [-0.1, -0.05) is 36.4 Å². The maximum Gasteiger partial charge on any atom is 0.246 e. The first-order valence-corrected chi connectivity index (χ1v) is 11.2. The van der Waals surface area contributed by atoms with Gasteiger partial charge in [0, 0.05) is 37.8 Å². The zero-order valence-corrected chi connectivity index (χ0v) is 17.4. The first kappa shape index (κ1) is 21.1. The summed E-state index contributed by atoms with van der Waals surface area (Å²) < 4.78 is 54.8. The number of carbonyl (C=O) groups excluding carboxylic acids is 1. The van der Waals surface area contributed by atoms with Gasteiger partial charge in [-0.05, 0) is 41.1 Å². The van der Waals surface area contributed by atoms with Gasteiger partial charge in [0.15, 0.2) is 0 Å². The zero-order chi connectivity index (χ0) is 22.0. The second-order valence-corrected chi connectivity index (χ2v) is 9.14. The van der Waals surface area contributed by atoms with Crippen LogP contribution < -0.4 is 0 Å². The molecule has 0 unspecified atom stereocenters. The van der Waals surface area contributed by atoms with Gasteiger partial charge in [0.1, 0.15) is 11.6 Å². The average molecular weight is 442 g/mol. The highest BCUT2D eigenvalue weighted by Crippen LogP contribution is 2.23. The molecular formula is C23H20F2N2O3S. The quantitative estimate of drug-likeness (QED) is 0.580. The van der Waals surface area contributed by atoms with Crippen molar-refractivity contribution in [3.8, 4) is 0 Å². The molecule has 160 valence electrons. The van der Waals surface area contributed by atoms with Gasteiger partial charge in [-0.15, -0.1) is 0 Å². The van der Waals surface area contributed by atoms with Crippen molar-refractivity contribution in [2.45, 2.75) is 4.90 Å². The van der Waals surface area contributed by atoms with Crippen molar-refractivity contribution >= 4 is 32.8 Å². The van der Waals surface area contributed by atoms with Crippen LogP contribution in [0.3, 0.4) is 0 Å². The predicted octanol–water partition coefficient (Wildman–Crippen LogP) is 3.66. The smallest absolute Gasteiger partial charge is 0.246 e.